The van der Waals surface area contributed by atoms with Crippen molar-refractivity contribution >= 4 is 32.5 Å². The lowest BCUT2D eigenvalue weighted by atomic mass is 10.1. The average Bonchev–Trinajstić information content (AvgIpc) is 2.99. The predicted octanol–water partition coefficient (Wildman–Crippen LogP) is 3.93. The maximum absolute atomic E-state index is 4.55. The highest BCUT2D eigenvalue weighted by Crippen LogP contribution is 2.30. The van der Waals surface area contributed by atoms with E-state index in [1.165, 1.54) is 23.1 Å². The van der Waals surface area contributed by atoms with Crippen LogP contribution >= 0.6 is 15.9 Å². The Kier molecular flexibility index (Phi) is 5.22. The number of pyridine rings is 1. The molecule has 5 nitrogen and oxygen atoms in total. The monoisotopic (exact) mass is 413 g/mol. The zero-order valence-electron chi connectivity index (χ0n) is 15.1. The zero-order valence-corrected chi connectivity index (χ0v) is 16.7. The van der Waals surface area contributed by atoms with Gasteiger partial charge in [-0.15, -0.1) is 0 Å². The van der Waals surface area contributed by atoms with E-state index in [9.17, 15) is 0 Å². The first kappa shape index (κ1) is 17.5. The molecule has 0 amide bonds. The van der Waals surface area contributed by atoms with Gasteiger partial charge in [0.1, 0.15) is 0 Å². The zero-order chi connectivity index (χ0) is 17.9. The summed E-state index contributed by atoms with van der Waals surface area (Å²) in [5.74, 6) is 0. The van der Waals surface area contributed by atoms with Crippen LogP contribution in [0.3, 0.4) is 0 Å². The van der Waals surface area contributed by atoms with E-state index in [1.807, 2.05) is 17.1 Å². The van der Waals surface area contributed by atoms with Gasteiger partial charge in [-0.1, -0.05) is 12.1 Å². The van der Waals surface area contributed by atoms with Gasteiger partial charge in [-0.25, -0.2) is 0 Å². The van der Waals surface area contributed by atoms with E-state index in [4.69, 9.17) is 0 Å². The minimum absolute atomic E-state index is 0.929. The Morgan fingerprint density at radius 3 is 2.88 bits per heavy atom. The lowest BCUT2D eigenvalue weighted by Crippen LogP contribution is -2.30. The van der Waals surface area contributed by atoms with E-state index in [0.29, 0.717) is 0 Å². The number of nitrogens with zero attached hydrogens (tertiary/aromatic N) is 5. The molecule has 2 aromatic heterocycles. The van der Waals surface area contributed by atoms with Gasteiger partial charge in [0.25, 0.3) is 0 Å². The first-order chi connectivity index (χ1) is 12.7. The highest BCUT2D eigenvalue weighted by Gasteiger charge is 2.18. The predicted molar refractivity (Wildman–Crippen MR) is 109 cm³/mol. The van der Waals surface area contributed by atoms with E-state index in [0.717, 1.165) is 49.3 Å². The Labute approximate surface area is 162 Å². The molecule has 6 heteroatoms. The van der Waals surface area contributed by atoms with Crippen molar-refractivity contribution < 1.29 is 0 Å². The third-order valence-electron chi connectivity index (χ3n) is 5.04. The molecule has 0 bridgehead atoms. The molecule has 1 aromatic carbocycles. The lowest BCUT2D eigenvalue weighted by molar-refractivity contribution is 0.285. The largest absolute Gasteiger partial charge is 0.370 e. The number of para-hydroxylation sites is 1. The summed E-state index contributed by atoms with van der Waals surface area (Å²) in [5, 5.41) is 5.62. The molecule has 0 saturated carbocycles. The van der Waals surface area contributed by atoms with Crippen LogP contribution in [0.4, 0.5) is 5.69 Å². The minimum atomic E-state index is 0.929. The summed E-state index contributed by atoms with van der Waals surface area (Å²) >= 11 is 3.63. The van der Waals surface area contributed by atoms with E-state index in [-0.39, 0.29) is 0 Å². The summed E-state index contributed by atoms with van der Waals surface area (Å²) in [7, 11) is 0. The van der Waals surface area contributed by atoms with Crippen LogP contribution in [0.2, 0.25) is 0 Å². The SMILES string of the molecule is CCn1cc(CN2CCCN(c3ccnc4c(Br)cccc34)CC2)cn1. The van der Waals surface area contributed by atoms with E-state index < -0.39 is 0 Å². The van der Waals surface area contributed by atoms with E-state index >= 15 is 0 Å². The van der Waals surface area contributed by atoms with Gasteiger partial charge in [0.05, 0.1) is 11.7 Å². The van der Waals surface area contributed by atoms with Crippen LogP contribution in [0, 0.1) is 0 Å². The van der Waals surface area contributed by atoms with Gasteiger partial charge in [0.15, 0.2) is 0 Å². The number of rotatable bonds is 4. The molecule has 0 atom stereocenters. The van der Waals surface area contributed by atoms with E-state index in [2.05, 4.69) is 73.2 Å². The maximum Gasteiger partial charge on any atom is 0.0864 e. The molecule has 0 aliphatic carbocycles. The van der Waals surface area contributed by atoms with Crippen molar-refractivity contribution in [3.05, 3.63) is 52.9 Å². The summed E-state index contributed by atoms with van der Waals surface area (Å²) in [6.07, 6.45) is 7.25. The number of aromatic nitrogens is 3. The fourth-order valence-corrected chi connectivity index (χ4v) is 4.16. The quantitative estimate of drug-likeness (QED) is 0.649. The molecule has 0 unspecified atom stereocenters. The van der Waals surface area contributed by atoms with Crippen molar-refractivity contribution in [2.75, 3.05) is 31.1 Å². The Hall–Kier alpha value is -1.92. The van der Waals surface area contributed by atoms with Crippen LogP contribution in [0.25, 0.3) is 10.9 Å². The molecular formula is C20H24BrN5. The van der Waals surface area contributed by atoms with Crippen molar-refractivity contribution in [3.63, 3.8) is 0 Å². The van der Waals surface area contributed by atoms with Crippen molar-refractivity contribution in [2.24, 2.45) is 0 Å². The topological polar surface area (TPSA) is 37.2 Å². The van der Waals surface area contributed by atoms with E-state index in [1.54, 1.807) is 0 Å². The highest BCUT2D eigenvalue weighted by molar-refractivity contribution is 9.10. The number of benzene rings is 1. The third kappa shape index (κ3) is 3.62. The minimum Gasteiger partial charge on any atom is -0.370 e. The first-order valence-electron chi connectivity index (χ1n) is 9.26. The molecule has 0 spiro atoms. The summed E-state index contributed by atoms with van der Waals surface area (Å²) < 4.78 is 3.06. The highest BCUT2D eigenvalue weighted by atomic mass is 79.9. The van der Waals surface area contributed by atoms with Crippen LogP contribution < -0.4 is 4.90 Å². The molecule has 4 rings (SSSR count). The van der Waals surface area contributed by atoms with Crippen LogP contribution in [0.1, 0.15) is 18.9 Å². The molecule has 1 saturated heterocycles. The summed E-state index contributed by atoms with van der Waals surface area (Å²) in [5.41, 5.74) is 3.63. The molecule has 1 fully saturated rings. The van der Waals surface area contributed by atoms with Crippen LogP contribution in [-0.2, 0) is 13.1 Å². The molecule has 136 valence electrons. The molecule has 1 aliphatic heterocycles. The molecule has 1 aliphatic rings. The Morgan fingerprint density at radius 1 is 1.12 bits per heavy atom. The normalized spacial score (nSPS) is 16.2. The van der Waals surface area contributed by atoms with Gasteiger partial charge < -0.3 is 4.90 Å². The van der Waals surface area contributed by atoms with Gasteiger partial charge in [-0.2, -0.15) is 5.10 Å². The number of hydrogen-bond donors (Lipinski definition) is 0. The standard InChI is InChI=1S/C20H24BrN5/c1-2-26-15-16(13-23-26)14-24-9-4-10-25(12-11-24)19-7-8-22-20-17(19)5-3-6-18(20)21/h3,5-8,13,15H,2,4,9-12,14H2,1H3. The van der Waals surface area contributed by atoms with Gasteiger partial charge in [0, 0.05) is 72.8 Å². The lowest BCUT2D eigenvalue weighted by Gasteiger charge is -2.25. The molecular weight excluding hydrogens is 390 g/mol. The average molecular weight is 414 g/mol. The molecule has 3 heterocycles. The molecule has 3 aromatic rings. The van der Waals surface area contributed by atoms with Crippen LogP contribution in [-0.4, -0.2) is 45.8 Å². The van der Waals surface area contributed by atoms with Crippen LogP contribution in [0.5, 0.6) is 0 Å². The second kappa shape index (κ2) is 7.76. The third-order valence-corrected chi connectivity index (χ3v) is 5.68. The molecule has 0 radical (unpaired) electrons. The van der Waals surface area contributed by atoms with Crippen molar-refractivity contribution in [2.45, 2.75) is 26.4 Å². The fraction of sp³-hybridized carbons (Fsp3) is 0.400. The number of halogens is 1. The molecule has 0 N–H and O–H groups in total. The summed E-state index contributed by atoms with van der Waals surface area (Å²) in [6.45, 7) is 8.34. The number of fused-ring (bicyclic) bond motifs is 1. The fourth-order valence-electron chi connectivity index (χ4n) is 3.69. The Bertz CT molecular complexity index is 891. The first-order valence-corrected chi connectivity index (χ1v) is 10.1. The number of hydrogen-bond acceptors (Lipinski definition) is 4. The van der Waals surface area contributed by atoms with Crippen LogP contribution in [0.15, 0.2) is 47.3 Å². The number of anilines is 1. The van der Waals surface area contributed by atoms with Crippen molar-refractivity contribution in [1.29, 1.82) is 0 Å². The number of aryl methyl sites for hydroxylation is 1. The molecule has 26 heavy (non-hydrogen) atoms. The Balaban J connectivity index is 1.49. The summed E-state index contributed by atoms with van der Waals surface area (Å²) in [6, 6.07) is 8.47. The van der Waals surface area contributed by atoms with Gasteiger partial charge in [-0.05, 0) is 41.4 Å². The smallest absolute Gasteiger partial charge is 0.0864 e. The maximum atomic E-state index is 4.55. The second-order valence-electron chi connectivity index (χ2n) is 6.79. The van der Waals surface area contributed by atoms with Gasteiger partial charge in [0.2, 0.25) is 0 Å². The van der Waals surface area contributed by atoms with Crippen molar-refractivity contribution in [3.8, 4) is 0 Å². The second-order valence-corrected chi connectivity index (χ2v) is 7.64. The summed E-state index contributed by atoms with van der Waals surface area (Å²) in [4.78, 5) is 9.59. The Morgan fingerprint density at radius 2 is 2.04 bits per heavy atom. The van der Waals surface area contributed by atoms with Gasteiger partial charge >= 0.3 is 0 Å². The van der Waals surface area contributed by atoms with Crippen molar-refractivity contribution in [1.82, 2.24) is 19.7 Å². The van der Waals surface area contributed by atoms with Gasteiger partial charge in [-0.3, -0.25) is 14.6 Å².